The zero-order valence-corrected chi connectivity index (χ0v) is 18.6. The predicted octanol–water partition coefficient (Wildman–Crippen LogP) is 4.24. The van der Waals surface area contributed by atoms with Crippen LogP contribution in [0.5, 0.6) is 0 Å². The fourth-order valence-corrected chi connectivity index (χ4v) is 4.72. The summed E-state index contributed by atoms with van der Waals surface area (Å²) in [7, 11) is -3.72. The number of halogens is 1. The van der Waals surface area contributed by atoms with Gasteiger partial charge in [0.25, 0.3) is 5.91 Å². The van der Waals surface area contributed by atoms with E-state index in [2.05, 4.69) is 10.3 Å². The highest BCUT2D eigenvalue weighted by atomic mass is 35.5. The first-order chi connectivity index (χ1) is 14.8. The average molecular weight is 472 g/mol. The number of benzene rings is 2. The van der Waals surface area contributed by atoms with Gasteiger partial charge in [-0.2, -0.15) is 0 Å². The van der Waals surface area contributed by atoms with Crippen LogP contribution in [0.4, 0.5) is 0 Å². The molecule has 0 saturated heterocycles. The average Bonchev–Trinajstić information content (AvgIpc) is 3.19. The van der Waals surface area contributed by atoms with Gasteiger partial charge >= 0.3 is 0 Å². The number of aromatic nitrogens is 1. The minimum atomic E-state index is -3.72. The monoisotopic (exact) mass is 471 g/mol. The topological polar surface area (TPSA) is 102 Å². The molecule has 4 rings (SSSR count). The van der Waals surface area contributed by atoms with E-state index in [-0.39, 0.29) is 10.8 Å². The number of pyridine rings is 1. The number of hydrogen-bond donors (Lipinski definition) is 2. The van der Waals surface area contributed by atoms with Gasteiger partial charge in [0.15, 0.2) is 0 Å². The van der Waals surface area contributed by atoms with E-state index in [1.54, 1.807) is 24.3 Å². The van der Waals surface area contributed by atoms with Gasteiger partial charge < -0.3 is 5.32 Å². The number of nitrogens with zero attached hydrogens (tertiary/aromatic N) is 1. The summed E-state index contributed by atoms with van der Waals surface area (Å²) >= 11 is 7.47. The van der Waals surface area contributed by atoms with Crippen molar-refractivity contribution in [2.75, 3.05) is 6.54 Å². The SMILES string of the molecule is NS(=O)(=O)c1ccc(CCNC(=O)c2cc(-c3ccc(Cl)s3)nc3ccccc23)cc1. The van der Waals surface area contributed by atoms with E-state index in [0.717, 1.165) is 21.3 Å². The molecule has 2 aromatic heterocycles. The van der Waals surface area contributed by atoms with Crippen molar-refractivity contribution in [2.24, 2.45) is 5.14 Å². The van der Waals surface area contributed by atoms with Crippen LogP contribution in [0.2, 0.25) is 4.34 Å². The van der Waals surface area contributed by atoms with Crippen LogP contribution in [-0.4, -0.2) is 25.9 Å². The van der Waals surface area contributed by atoms with Crippen molar-refractivity contribution in [2.45, 2.75) is 11.3 Å². The second kappa shape index (κ2) is 8.76. The summed E-state index contributed by atoms with van der Waals surface area (Å²) in [6.45, 7) is 0.393. The first kappa shape index (κ1) is 21.5. The molecule has 1 amide bonds. The summed E-state index contributed by atoms with van der Waals surface area (Å²) < 4.78 is 23.4. The third-order valence-corrected chi connectivity index (χ3v) is 6.92. The summed E-state index contributed by atoms with van der Waals surface area (Å²) in [5, 5.41) is 8.82. The molecular weight excluding hydrogens is 454 g/mol. The van der Waals surface area contributed by atoms with Crippen molar-refractivity contribution in [1.82, 2.24) is 10.3 Å². The molecule has 0 fully saturated rings. The van der Waals surface area contributed by atoms with Crippen molar-refractivity contribution in [3.63, 3.8) is 0 Å². The smallest absolute Gasteiger partial charge is 0.252 e. The first-order valence-electron chi connectivity index (χ1n) is 9.37. The van der Waals surface area contributed by atoms with E-state index in [4.69, 9.17) is 16.7 Å². The van der Waals surface area contributed by atoms with Crippen molar-refractivity contribution in [1.29, 1.82) is 0 Å². The third kappa shape index (κ3) is 4.94. The summed E-state index contributed by atoms with van der Waals surface area (Å²) in [6.07, 6.45) is 0.549. The molecular formula is C22H18ClN3O3S2. The van der Waals surface area contributed by atoms with Crippen LogP contribution in [0.15, 0.2) is 71.6 Å². The molecule has 0 atom stereocenters. The predicted molar refractivity (Wildman–Crippen MR) is 124 cm³/mol. The minimum absolute atomic E-state index is 0.0600. The van der Waals surface area contributed by atoms with E-state index < -0.39 is 10.0 Å². The van der Waals surface area contributed by atoms with Crippen LogP contribution in [0.3, 0.4) is 0 Å². The third-order valence-electron chi connectivity index (χ3n) is 4.74. The maximum atomic E-state index is 13.0. The van der Waals surface area contributed by atoms with Crippen LogP contribution in [0.1, 0.15) is 15.9 Å². The highest BCUT2D eigenvalue weighted by molar-refractivity contribution is 7.89. The molecule has 0 bridgehead atoms. The van der Waals surface area contributed by atoms with Gasteiger partial charge in [-0.15, -0.1) is 11.3 Å². The first-order valence-corrected chi connectivity index (χ1v) is 12.1. The Morgan fingerprint density at radius 1 is 1.06 bits per heavy atom. The highest BCUT2D eigenvalue weighted by Crippen LogP contribution is 2.32. The van der Waals surface area contributed by atoms with Crippen LogP contribution in [-0.2, 0) is 16.4 Å². The molecule has 158 valence electrons. The Hall–Kier alpha value is -2.78. The van der Waals surface area contributed by atoms with Crippen LogP contribution in [0, 0.1) is 0 Å². The molecule has 31 heavy (non-hydrogen) atoms. The summed E-state index contributed by atoms with van der Waals surface area (Å²) in [5.74, 6) is -0.205. The summed E-state index contributed by atoms with van der Waals surface area (Å²) in [4.78, 5) is 18.6. The zero-order valence-electron chi connectivity index (χ0n) is 16.2. The molecule has 0 aliphatic carbocycles. The molecule has 0 aliphatic heterocycles. The molecule has 2 heterocycles. The number of carbonyl (C=O) groups excluding carboxylic acids is 1. The summed E-state index contributed by atoms with van der Waals surface area (Å²) in [6, 6.07) is 19.3. The lowest BCUT2D eigenvalue weighted by atomic mass is 10.1. The molecule has 0 saturated carbocycles. The quantitative estimate of drug-likeness (QED) is 0.439. The van der Waals surface area contributed by atoms with Gasteiger partial charge in [-0.05, 0) is 48.4 Å². The standard InChI is InChI=1S/C22H18ClN3O3S2/c23-21-10-9-20(30-21)19-13-17(16-3-1-2-4-18(16)26-19)22(27)25-12-11-14-5-7-15(8-6-14)31(24,28)29/h1-10,13H,11-12H2,(H,25,27)(H2,24,28,29). The largest absolute Gasteiger partial charge is 0.352 e. The maximum absolute atomic E-state index is 13.0. The second-order valence-electron chi connectivity index (χ2n) is 6.87. The molecule has 3 N–H and O–H groups in total. The Bertz CT molecular complexity index is 1370. The van der Waals surface area contributed by atoms with Gasteiger partial charge in [0.05, 0.1) is 30.9 Å². The Morgan fingerprint density at radius 2 is 1.81 bits per heavy atom. The van der Waals surface area contributed by atoms with Gasteiger partial charge in [-0.25, -0.2) is 18.5 Å². The van der Waals surface area contributed by atoms with Crippen LogP contribution in [0.25, 0.3) is 21.5 Å². The molecule has 9 heteroatoms. The van der Waals surface area contributed by atoms with Crippen LogP contribution >= 0.6 is 22.9 Å². The normalized spacial score (nSPS) is 11.5. The second-order valence-corrected chi connectivity index (χ2v) is 10.1. The molecule has 0 spiro atoms. The van der Waals surface area contributed by atoms with Crippen molar-refractivity contribution < 1.29 is 13.2 Å². The number of nitrogens with one attached hydrogen (secondary N) is 1. The molecule has 0 unspecified atom stereocenters. The van der Waals surface area contributed by atoms with E-state index >= 15 is 0 Å². The van der Waals surface area contributed by atoms with Gasteiger partial charge in [-0.1, -0.05) is 41.9 Å². The van der Waals surface area contributed by atoms with Crippen LogP contribution < -0.4 is 10.5 Å². The maximum Gasteiger partial charge on any atom is 0.252 e. The lowest BCUT2D eigenvalue weighted by molar-refractivity contribution is 0.0955. The van der Waals surface area contributed by atoms with Gasteiger partial charge in [0, 0.05) is 11.9 Å². The van der Waals surface area contributed by atoms with Crippen molar-refractivity contribution in [3.05, 3.63) is 82.2 Å². The zero-order chi connectivity index (χ0) is 22.0. The number of fused-ring (bicyclic) bond motifs is 1. The van der Waals surface area contributed by atoms with E-state index in [0.29, 0.717) is 28.6 Å². The van der Waals surface area contributed by atoms with E-state index in [1.165, 1.54) is 23.5 Å². The highest BCUT2D eigenvalue weighted by Gasteiger charge is 2.15. The number of primary sulfonamides is 1. The Balaban J connectivity index is 1.53. The fourth-order valence-electron chi connectivity index (χ4n) is 3.20. The Kier molecular flexibility index (Phi) is 6.06. The number of para-hydroxylation sites is 1. The molecule has 6 nitrogen and oxygen atoms in total. The van der Waals surface area contributed by atoms with E-state index in [1.807, 2.05) is 30.3 Å². The summed E-state index contributed by atoms with van der Waals surface area (Å²) in [5.41, 5.74) is 2.85. The number of sulfonamides is 1. The molecule has 4 aromatic rings. The number of thiophene rings is 1. The lowest BCUT2D eigenvalue weighted by Crippen LogP contribution is -2.26. The molecule has 2 aromatic carbocycles. The van der Waals surface area contributed by atoms with E-state index in [9.17, 15) is 13.2 Å². The molecule has 0 radical (unpaired) electrons. The minimum Gasteiger partial charge on any atom is -0.352 e. The Morgan fingerprint density at radius 3 is 2.48 bits per heavy atom. The number of carbonyl (C=O) groups is 1. The number of nitrogens with two attached hydrogens (primary N) is 1. The fraction of sp³-hybridized carbons (Fsp3) is 0.0909. The van der Waals surface area contributed by atoms with Gasteiger partial charge in [-0.3, -0.25) is 4.79 Å². The number of rotatable bonds is 6. The van der Waals surface area contributed by atoms with Crippen molar-refractivity contribution in [3.8, 4) is 10.6 Å². The van der Waals surface area contributed by atoms with Gasteiger partial charge in [0.2, 0.25) is 10.0 Å². The number of hydrogen-bond acceptors (Lipinski definition) is 5. The van der Waals surface area contributed by atoms with Gasteiger partial charge in [0.1, 0.15) is 0 Å². The number of amides is 1. The lowest BCUT2D eigenvalue weighted by Gasteiger charge is -2.10. The van der Waals surface area contributed by atoms with Crippen molar-refractivity contribution >= 4 is 49.8 Å². The molecule has 0 aliphatic rings. The Labute approximate surface area is 188 Å².